The van der Waals surface area contributed by atoms with Crippen molar-refractivity contribution in [3.63, 3.8) is 0 Å². The lowest BCUT2D eigenvalue weighted by molar-refractivity contribution is 0.692. The molecule has 0 aliphatic carbocycles. The second kappa shape index (κ2) is 4.40. The van der Waals surface area contributed by atoms with Crippen LogP contribution in [0.25, 0.3) is 0 Å². The molecular formula is C4HCl4F. The molecular weight excluding hydrogens is 209 g/mol. The molecule has 0 spiro atoms. The molecule has 0 amide bonds. The van der Waals surface area contributed by atoms with Gasteiger partial charge in [-0.05, 0) is 11.6 Å². The van der Waals surface area contributed by atoms with E-state index in [1.165, 1.54) is 0 Å². The fraction of sp³-hybridized carbons (Fsp3) is 0. The smallest absolute Gasteiger partial charge is 0.192 e. The van der Waals surface area contributed by atoms with E-state index in [2.05, 4.69) is 0 Å². The lowest BCUT2D eigenvalue weighted by Gasteiger charge is -1.90. The van der Waals surface area contributed by atoms with Crippen LogP contribution in [-0.2, 0) is 0 Å². The number of allylic oxidation sites excluding steroid dienone is 2. The number of hydrogen-bond donors (Lipinski definition) is 0. The Kier molecular flexibility index (Phi) is 4.67. The van der Waals surface area contributed by atoms with Crippen LogP contribution in [0.3, 0.4) is 0 Å². The molecule has 0 aromatic carbocycles. The lowest BCUT2D eigenvalue weighted by Crippen LogP contribution is -1.70. The SMILES string of the molecule is FC(Cl)=C(Cl)C(Cl)=CCl. The molecule has 0 atom stereocenters. The Hall–Kier alpha value is 0.570. The molecule has 0 fully saturated rings. The summed E-state index contributed by atoms with van der Waals surface area (Å²) in [5.74, 6) is 0. The van der Waals surface area contributed by atoms with Crippen LogP contribution in [0, 0.1) is 0 Å². The van der Waals surface area contributed by atoms with Crippen LogP contribution in [0.5, 0.6) is 0 Å². The third kappa shape index (κ3) is 3.31. The summed E-state index contributed by atoms with van der Waals surface area (Å²) in [5.41, 5.74) is 0.922. The summed E-state index contributed by atoms with van der Waals surface area (Å²) in [4.78, 5) is 0. The molecule has 52 valence electrons. The topological polar surface area (TPSA) is 0 Å². The molecule has 0 aromatic rings. The summed E-state index contributed by atoms with van der Waals surface area (Å²) in [7, 11) is 0. The van der Waals surface area contributed by atoms with Crippen molar-refractivity contribution in [2.45, 2.75) is 0 Å². The first-order chi connectivity index (χ1) is 4.09. The molecule has 9 heavy (non-hydrogen) atoms. The van der Waals surface area contributed by atoms with Gasteiger partial charge in [-0.1, -0.05) is 34.8 Å². The molecule has 0 nitrogen and oxygen atoms in total. The van der Waals surface area contributed by atoms with Gasteiger partial charge >= 0.3 is 0 Å². The highest BCUT2D eigenvalue weighted by Gasteiger charge is 2.03. The van der Waals surface area contributed by atoms with Crippen molar-refractivity contribution in [1.82, 2.24) is 0 Å². The second-order valence-electron chi connectivity index (χ2n) is 1.03. The average molecular weight is 210 g/mol. The molecule has 0 rings (SSSR count). The van der Waals surface area contributed by atoms with Crippen molar-refractivity contribution >= 4 is 46.4 Å². The Balaban J connectivity index is 4.40. The molecule has 0 N–H and O–H groups in total. The van der Waals surface area contributed by atoms with E-state index in [-0.39, 0.29) is 10.1 Å². The predicted molar refractivity (Wildman–Crippen MR) is 39.6 cm³/mol. The molecule has 0 saturated heterocycles. The van der Waals surface area contributed by atoms with Crippen molar-refractivity contribution in [2.75, 3.05) is 0 Å². The first kappa shape index (κ1) is 9.57. The standard InChI is InChI=1S/C4HCl4F/c5-1-2(6)3(7)4(8)9/h1H. The highest BCUT2D eigenvalue weighted by atomic mass is 35.5. The quantitative estimate of drug-likeness (QED) is 0.575. The van der Waals surface area contributed by atoms with Crippen LogP contribution in [0.2, 0.25) is 0 Å². The van der Waals surface area contributed by atoms with Crippen LogP contribution in [0.15, 0.2) is 20.9 Å². The fourth-order valence-corrected chi connectivity index (χ4v) is 0.591. The van der Waals surface area contributed by atoms with E-state index in [9.17, 15) is 4.39 Å². The molecule has 0 heterocycles. The lowest BCUT2D eigenvalue weighted by atomic mass is 10.6. The zero-order valence-corrected chi connectivity index (χ0v) is 6.99. The van der Waals surface area contributed by atoms with E-state index in [1.54, 1.807) is 0 Å². The first-order valence-corrected chi connectivity index (χ1v) is 3.33. The molecule has 5 heteroatoms. The van der Waals surface area contributed by atoms with Crippen molar-refractivity contribution in [2.24, 2.45) is 0 Å². The van der Waals surface area contributed by atoms with Crippen LogP contribution in [-0.4, -0.2) is 0 Å². The Morgan fingerprint density at radius 1 is 1.22 bits per heavy atom. The Morgan fingerprint density at radius 3 is 1.78 bits per heavy atom. The maximum atomic E-state index is 11.9. The Morgan fingerprint density at radius 2 is 1.67 bits per heavy atom. The van der Waals surface area contributed by atoms with Crippen LogP contribution >= 0.6 is 46.4 Å². The van der Waals surface area contributed by atoms with Gasteiger partial charge in [0.05, 0.1) is 5.03 Å². The minimum atomic E-state index is -1.07. The van der Waals surface area contributed by atoms with E-state index < -0.39 is 5.29 Å². The van der Waals surface area contributed by atoms with Crippen LogP contribution in [0.4, 0.5) is 4.39 Å². The molecule has 0 aliphatic rings. The van der Waals surface area contributed by atoms with Gasteiger partial charge in [0.15, 0.2) is 0 Å². The number of halogens is 5. The van der Waals surface area contributed by atoms with Gasteiger partial charge in [-0.25, -0.2) is 0 Å². The third-order valence-electron chi connectivity index (χ3n) is 0.471. The van der Waals surface area contributed by atoms with Gasteiger partial charge in [-0.2, -0.15) is 4.39 Å². The van der Waals surface area contributed by atoms with Crippen molar-refractivity contribution < 1.29 is 4.39 Å². The Labute approximate surface area is 71.8 Å². The average Bonchev–Trinajstić information content (AvgIpc) is 1.84. The predicted octanol–water partition coefficient (Wildman–Crippen LogP) is 3.92. The van der Waals surface area contributed by atoms with E-state index in [0.717, 1.165) is 5.54 Å². The largest absolute Gasteiger partial charge is 0.209 e. The fourth-order valence-electron chi connectivity index (χ4n) is 0.138. The van der Waals surface area contributed by atoms with Crippen molar-refractivity contribution in [3.05, 3.63) is 20.9 Å². The van der Waals surface area contributed by atoms with Gasteiger partial charge in [0, 0.05) is 5.54 Å². The highest BCUT2D eigenvalue weighted by Crippen LogP contribution is 2.25. The molecule has 0 unspecified atom stereocenters. The van der Waals surface area contributed by atoms with E-state index in [4.69, 9.17) is 46.4 Å². The van der Waals surface area contributed by atoms with Crippen LogP contribution in [0.1, 0.15) is 0 Å². The summed E-state index contributed by atoms with van der Waals surface area (Å²) >= 11 is 20.2. The van der Waals surface area contributed by atoms with E-state index >= 15 is 0 Å². The number of hydrogen-bond acceptors (Lipinski definition) is 0. The highest BCUT2D eigenvalue weighted by molar-refractivity contribution is 6.49. The summed E-state index contributed by atoms with van der Waals surface area (Å²) in [6.07, 6.45) is 0. The summed E-state index contributed by atoms with van der Waals surface area (Å²) < 4.78 is 11.9. The van der Waals surface area contributed by atoms with Gasteiger partial charge in [0.1, 0.15) is 5.03 Å². The second-order valence-corrected chi connectivity index (χ2v) is 2.37. The normalized spacial score (nSPS) is 15.4. The summed E-state index contributed by atoms with van der Waals surface area (Å²) in [6, 6.07) is 0. The first-order valence-electron chi connectivity index (χ1n) is 1.76. The minimum Gasteiger partial charge on any atom is -0.192 e. The maximum absolute atomic E-state index is 11.9. The molecule has 0 aliphatic heterocycles. The van der Waals surface area contributed by atoms with Crippen molar-refractivity contribution in [1.29, 1.82) is 0 Å². The molecule has 0 bridgehead atoms. The number of rotatable bonds is 1. The zero-order chi connectivity index (χ0) is 7.44. The van der Waals surface area contributed by atoms with E-state index in [0.29, 0.717) is 0 Å². The Bertz CT molecular complexity index is 156. The van der Waals surface area contributed by atoms with Gasteiger partial charge in [-0.3, -0.25) is 0 Å². The summed E-state index contributed by atoms with van der Waals surface area (Å²) in [6.45, 7) is 0. The van der Waals surface area contributed by atoms with Gasteiger partial charge in [0.25, 0.3) is 0 Å². The van der Waals surface area contributed by atoms with Gasteiger partial charge in [0.2, 0.25) is 5.29 Å². The summed E-state index contributed by atoms with van der Waals surface area (Å²) in [5, 5.41) is -1.57. The third-order valence-corrected chi connectivity index (χ3v) is 1.85. The molecule has 0 aromatic heterocycles. The minimum absolute atomic E-state index is 0.120. The van der Waals surface area contributed by atoms with Crippen LogP contribution < -0.4 is 0 Å². The van der Waals surface area contributed by atoms with Gasteiger partial charge < -0.3 is 0 Å². The maximum Gasteiger partial charge on any atom is 0.209 e. The van der Waals surface area contributed by atoms with Crippen molar-refractivity contribution in [3.8, 4) is 0 Å². The van der Waals surface area contributed by atoms with Gasteiger partial charge in [-0.15, -0.1) is 0 Å². The monoisotopic (exact) mass is 208 g/mol. The molecule has 0 saturated carbocycles. The molecule has 0 radical (unpaired) electrons. The van der Waals surface area contributed by atoms with E-state index in [1.807, 2.05) is 0 Å². The zero-order valence-electron chi connectivity index (χ0n) is 3.97.